The molecule has 6 heteroatoms. The maximum Gasteiger partial charge on any atom is 0.220 e. The third-order valence-electron chi connectivity index (χ3n) is 3.16. The highest BCUT2D eigenvalue weighted by Crippen LogP contribution is 2.27. The predicted molar refractivity (Wildman–Crippen MR) is 76.3 cm³/mol. The Morgan fingerprint density at radius 1 is 1.50 bits per heavy atom. The summed E-state index contributed by atoms with van der Waals surface area (Å²) in [5.74, 6) is -0.258. The maximum absolute atomic E-state index is 13.4. The van der Waals surface area contributed by atoms with Gasteiger partial charge >= 0.3 is 0 Å². The van der Waals surface area contributed by atoms with Gasteiger partial charge in [0.15, 0.2) is 11.6 Å². The molecule has 1 aromatic carbocycles. The van der Waals surface area contributed by atoms with Crippen LogP contribution in [0.4, 0.5) is 15.8 Å². The van der Waals surface area contributed by atoms with Gasteiger partial charge in [-0.05, 0) is 19.3 Å². The largest absolute Gasteiger partial charge is 0.494 e. The highest BCUT2D eigenvalue weighted by molar-refractivity contribution is 5.76. The summed E-state index contributed by atoms with van der Waals surface area (Å²) in [6, 6.07) is 3.14. The number of methoxy groups -OCH3 is 1. The third-order valence-corrected chi connectivity index (χ3v) is 3.16. The van der Waals surface area contributed by atoms with Crippen molar-refractivity contribution in [3.8, 4) is 5.75 Å². The molecule has 0 aromatic heterocycles. The van der Waals surface area contributed by atoms with Crippen LogP contribution in [0.5, 0.6) is 5.75 Å². The first kappa shape index (κ1) is 14.4. The molecular formula is C14H20FN3O2. The van der Waals surface area contributed by atoms with Gasteiger partial charge in [0.2, 0.25) is 5.91 Å². The smallest absolute Gasteiger partial charge is 0.220 e. The van der Waals surface area contributed by atoms with E-state index >= 15 is 0 Å². The molecule has 20 heavy (non-hydrogen) atoms. The Kier molecular flexibility index (Phi) is 4.65. The molecule has 0 aliphatic heterocycles. The molecule has 1 aliphatic carbocycles. The molecule has 0 bridgehead atoms. The predicted octanol–water partition coefficient (Wildman–Crippen LogP) is 1.89. The molecule has 1 saturated carbocycles. The van der Waals surface area contributed by atoms with Gasteiger partial charge in [-0.2, -0.15) is 0 Å². The lowest BCUT2D eigenvalue weighted by molar-refractivity contribution is -0.121. The Bertz CT molecular complexity index is 490. The number of hydrogen-bond acceptors (Lipinski definition) is 4. The molecule has 2 rings (SSSR count). The summed E-state index contributed by atoms with van der Waals surface area (Å²) in [5, 5.41) is 6.02. The van der Waals surface area contributed by atoms with Crippen LogP contribution < -0.4 is 21.1 Å². The molecule has 1 aliphatic rings. The summed E-state index contributed by atoms with van der Waals surface area (Å²) in [7, 11) is 1.40. The summed E-state index contributed by atoms with van der Waals surface area (Å²) >= 11 is 0. The first-order valence-corrected chi connectivity index (χ1v) is 6.76. The number of hydrogen-bond donors (Lipinski definition) is 3. The van der Waals surface area contributed by atoms with E-state index in [0.717, 1.165) is 12.8 Å². The summed E-state index contributed by atoms with van der Waals surface area (Å²) in [6.45, 7) is 0.594. The van der Waals surface area contributed by atoms with Crippen LogP contribution in [0, 0.1) is 5.82 Å². The quantitative estimate of drug-likeness (QED) is 0.527. The first-order chi connectivity index (χ1) is 9.60. The van der Waals surface area contributed by atoms with E-state index in [2.05, 4.69) is 10.6 Å². The van der Waals surface area contributed by atoms with Crippen LogP contribution in [0.15, 0.2) is 12.1 Å². The fourth-order valence-electron chi connectivity index (χ4n) is 1.88. The van der Waals surface area contributed by atoms with Gasteiger partial charge < -0.3 is 21.1 Å². The molecule has 4 N–H and O–H groups in total. The van der Waals surface area contributed by atoms with Crippen LogP contribution in [0.1, 0.15) is 25.7 Å². The van der Waals surface area contributed by atoms with Crippen LogP contribution >= 0.6 is 0 Å². The van der Waals surface area contributed by atoms with Crippen molar-refractivity contribution < 1.29 is 13.9 Å². The number of nitrogens with two attached hydrogens (primary N) is 1. The lowest BCUT2D eigenvalue weighted by atomic mass is 10.2. The van der Waals surface area contributed by atoms with Gasteiger partial charge in [-0.25, -0.2) is 4.39 Å². The molecule has 0 spiro atoms. The number of nitrogen functional groups attached to an aromatic ring is 1. The second-order valence-electron chi connectivity index (χ2n) is 4.95. The average Bonchev–Trinajstić information content (AvgIpc) is 3.20. The van der Waals surface area contributed by atoms with Crippen molar-refractivity contribution in [1.82, 2.24) is 5.32 Å². The molecule has 0 radical (unpaired) electrons. The topological polar surface area (TPSA) is 76.4 Å². The van der Waals surface area contributed by atoms with Crippen LogP contribution in [-0.4, -0.2) is 25.6 Å². The highest BCUT2D eigenvalue weighted by atomic mass is 19.1. The van der Waals surface area contributed by atoms with E-state index < -0.39 is 5.82 Å². The average molecular weight is 281 g/mol. The monoisotopic (exact) mass is 281 g/mol. The Hall–Kier alpha value is -1.98. The number of ether oxygens (including phenoxy) is 1. The standard InChI is InChI=1S/C14H20FN3O2/c1-20-13-8-12(11(16)7-10(13)15)17-6-2-3-14(19)18-9-4-5-9/h7-9,17H,2-6,16H2,1H3,(H,18,19). The number of nitrogens with one attached hydrogen (secondary N) is 2. The first-order valence-electron chi connectivity index (χ1n) is 6.76. The third kappa shape index (κ3) is 4.01. The lowest BCUT2D eigenvalue weighted by Gasteiger charge is -2.11. The zero-order valence-electron chi connectivity index (χ0n) is 11.5. The number of carbonyl (C=O) groups excluding carboxylic acids is 1. The highest BCUT2D eigenvalue weighted by Gasteiger charge is 2.22. The van der Waals surface area contributed by atoms with Crippen molar-refractivity contribution in [2.75, 3.05) is 24.7 Å². The molecule has 0 heterocycles. The molecule has 1 aromatic rings. The number of benzene rings is 1. The lowest BCUT2D eigenvalue weighted by Crippen LogP contribution is -2.25. The zero-order chi connectivity index (χ0) is 14.5. The van der Waals surface area contributed by atoms with Crippen LogP contribution in [0.25, 0.3) is 0 Å². The van der Waals surface area contributed by atoms with E-state index in [0.29, 0.717) is 36.8 Å². The molecule has 110 valence electrons. The van der Waals surface area contributed by atoms with Crippen LogP contribution in [-0.2, 0) is 4.79 Å². The van der Waals surface area contributed by atoms with Gasteiger partial charge in [0.1, 0.15) is 0 Å². The Morgan fingerprint density at radius 3 is 2.90 bits per heavy atom. The molecule has 1 fully saturated rings. The van der Waals surface area contributed by atoms with E-state index in [9.17, 15) is 9.18 Å². The van der Waals surface area contributed by atoms with Crippen molar-refractivity contribution in [3.05, 3.63) is 17.9 Å². The summed E-state index contributed by atoms with van der Waals surface area (Å²) in [4.78, 5) is 11.5. The molecule has 0 saturated heterocycles. The SMILES string of the molecule is COc1cc(NCCCC(=O)NC2CC2)c(N)cc1F. The normalized spacial score (nSPS) is 13.9. The van der Waals surface area contributed by atoms with Crippen molar-refractivity contribution in [1.29, 1.82) is 0 Å². The van der Waals surface area contributed by atoms with Crippen LogP contribution in [0.3, 0.4) is 0 Å². The van der Waals surface area contributed by atoms with E-state index in [1.165, 1.54) is 19.2 Å². The molecule has 0 atom stereocenters. The second-order valence-corrected chi connectivity index (χ2v) is 4.95. The van der Waals surface area contributed by atoms with Crippen molar-refractivity contribution in [3.63, 3.8) is 0 Å². The number of amides is 1. The molecular weight excluding hydrogens is 261 g/mol. The van der Waals surface area contributed by atoms with E-state index in [1.54, 1.807) is 0 Å². The van der Waals surface area contributed by atoms with E-state index in [4.69, 9.17) is 10.5 Å². The van der Waals surface area contributed by atoms with Gasteiger partial charge in [0, 0.05) is 31.1 Å². The van der Waals surface area contributed by atoms with Crippen molar-refractivity contribution >= 4 is 17.3 Å². The van der Waals surface area contributed by atoms with Gasteiger partial charge in [-0.1, -0.05) is 0 Å². The van der Waals surface area contributed by atoms with Gasteiger partial charge in [0.05, 0.1) is 18.5 Å². The molecule has 1 amide bonds. The van der Waals surface area contributed by atoms with E-state index in [1.807, 2.05) is 0 Å². The van der Waals surface area contributed by atoms with Crippen LogP contribution in [0.2, 0.25) is 0 Å². The number of rotatable bonds is 7. The fourth-order valence-corrected chi connectivity index (χ4v) is 1.88. The van der Waals surface area contributed by atoms with E-state index in [-0.39, 0.29) is 11.7 Å². The number of carbonyl (C=O) groups is 1. The Labute approximate surface area is 117 Å². The van der Waals surface area contributed by atoms with Crippen molar-refractivity contribution in [2.45, 2.75) is 31.7 Å². The summed E-state index contributed by atoms with van der Waals surface area (Å²) < 4.78 is 18.3. The molecule has 0 unspecified atom stereocenters. The Balaban J connectivity index is 1.76. The summed E-state index contributed by atoms with van der Waals surface area (Å²) in [6.07, 6.45) is 3.35. The Morgan fingerprint density at radius 2 is 2.25 bits per heavy atom. The summed E-state index contributed by atoms with van der Waals surface area (Å²) in [5.41, 5.74) is 6.67. The number of anilines is 2. The fraction of sp³-hybridized carbons (Fsp3) is 0.500. The number of halogens is 1. The second kappa shape index (κ2) is 6.45. The minimum absolute atomic E-state index is 0.0824. The van der Waals surface area contributed by atoms with Gasteiger partial charge in [-0.3, -0.25) is 4.79 Å². The van der Waals surface area contributed by atoms with Gasteiger partial charge in [0.25, 0.3) is 0 Å². The van der Waals surface area contributed by atoms with Gasteiger partial charge in [-0.15, -0.1) is 0 Å². The minimum atomic E-state index is -0.487. The minimum Gasteiger partial charge on any atom is -0.494 e. The van der Waals surface area contributed by atoms with Crippen molar-refractivity contribution in [2.24, 2.45) is 0 Å². The molecule has 5 nitrogen and oxygen atoms in total. The zero-order valence-corrected chi connectivity index (χ0v) is 11.5. The maximum atomic E-state index is 13.4.